The van der Waals surface area contributed by atoms with Crippen molar-refractivity contribution in [3.63, 3.8) is 0 Å². The maximum Gasteiger partial charge on any atom is 0.481 e. The lowest BCUT2D eigenvalue weighted by atomic mass is 9.48. The van der Waals surface area contributed by atoms with Crippen LogP contribution in [-0.2, 0) is 18.9 Å². The molecular weight excluding hydrogens is 489 g/mol. The van der Waals surface area contributed by atoms with Crippen LogP contribution < -0.4 is 27.5 Å². The zero-order valence-electron chi connectivity index (χ0n) is 23.7. The fourth-order valence-electron chi connectivity index (χ4n) is 5.64. The molecule has 3 aliphatic carbocycles. The molecule has 0 aromatic rings. The first-order chi connectivity index (χ1) is 18.0. The van der Waals surface area contributed by atoms with E-state index in [0.29, 0.717) is 43.1 Å². The minimum atomic E-state index is -0.789. The molecule has 0 aromatic carbocycles. The quantitative estimate of drug-likeness (QED) is 0.0463. The number of nitrogens with one attached hydrogen (secondary N) is 3. The van der Waals surface area contributed by atoms with Crippen molar-refractivity contribution in [3.8, 4) is 0 Å². The number of carbonyl (C=O) groups excluding carboxylic acids is 2. The van der Waals surface area contributed by atoms with E-state index in [2.05, 4.69) is 48.6 Å². The predicted octanol–water partition coefficient (Wildman–Crippen LogP) is 1.62. The second kappa shape index (κ2) is 15.4. The van der Waals surface area contributed by atoms with Gasteiger partial charge >= 0.3 is 7.12 Å². The van der Waals surface area contributed by atoms with Gasteiger partial charge in [-0.05, 0) is 68.6 Å². The first-order valence-electron chi connectivity index (χ1n) is 14.0. The molecular formula is C25H48BN7O5. The number of rotatable bonds is 17. The van der Waals surface area contributed by atoms with Gasteiger partial charge in [-0.2, -0.15) is 0 Å². The van der Waals surface area contributed by atoms with Crippen LogP contribution in [0.3, 0.4) is 0 Å². The van der Waals surface area contributed by atoms with Crippen molar-refractivity contribution in [2.45, 2.75) is 97.7 Å². The number of nitrogens with two attached hydrogens (primary N) is 2. The molecule has 216 valence electrons. The molecule has 3 rings (SSSR count). The van der Waals surface area contributed by atoms with E-state index in [9.17, 15) is 14.5 Å². The Morgan fingerprint density at radius 1 is 1.16 bits per heavy atom. The maximum absolute atomic E-state index is 13.5. The average Bonchev–Trinajstić information content (AvgIpc) is 2.85. The van der Waals surface area contributed by atoms with Crippen LogP contribution in [0.2, 0.25) is 0 Å². The number of carbonyl (C=O) groups is 2. The Hall–Kier alpha value is -2.25. The highest BCUT2D eigenvalue weighted by atomic mass is 16.6. The van der Waals surface area contributed by atoms with E-state index in [1.54, 1.807) is 0 Å². The van der Waals surface area contributed by atoms with Gasteiger partial charge in [-0.25, -0.2) is 5.43 Å². The fourth-order valence-corrected chi connectivity index (χ4v) is 5.64. The van der Waals surface area contributed by atoms with Gasteiger partial charge in [-0.15, -0.1) is 4.91 Å². The number of nitrogens with zero attached hydrogens (tertiary/aromatic N) is 2. The van der Waals surface area contributed by atoms with E-state index in [1.165, 1.54) is 6.42 Å². The zero-order chi connectivity index (χ0) is 28.3. The van der Waals surface area contributed by atoms with Crippen LogP contribution in [0.5, 0.6) is 0 Å². The van der Waals surface area contributed by atoms with E-state index in [0.717, 1.165) is 12.8 Å². The van der Waals surface area contributed by atoms with Crippen LogP contribution in [0.1, 0.15) is 79.6 Å². The molecule has 5 atom stereocenters. The Balaban J connectivity index is 2.09. The van der Waals surface area contributed by atoms with Crippen LogP contribution in [0, 0.1) is 28.1 Å². The molecule has 0 radical (unpaired) electrons. The highest BCUT2D eigenvalue weighted by Gasteiger charge is 2.53. The molecule has 1 unspecified atom stereocenters. The molecule has 0 heterocycles. The summed E-state index contributed by atoms with van der Waals surface area (Å²) in [5.41, 5.74) is 13.4. The molecule has 0 saturated heterocycles. The third-order valence-electron chi connectivity index (χ3n) is 7.92. The van der Waals surface area contributed by atoms with Gasteiger partial charge in [0.1, 0.15) is 6.04 Å². The van der Waals surface area contributed by atoms with E-state index >= 15 is 0 Å². The third kappa shape index (κ3) is 9.50. The number of guanidine groups is 1. The Morgan fingerprint density at radius 2 is 1.84 bits per heavy atom. The molecule has 7 N–H and O–H groups in total. The van der Waals surface area contributed by atoms with Gasteiger partial charge in [0.25, 0.3) is 0 Å². The summed E-state index contributed by atoms with van der Waals surface area (Å²) in [7, 11) is -0.580. The molecule has 2 bridgehead atoms. The standard InChI is InChI=1S/C25H48BN7O5/c1-6-37-26(38-19-14-17-13-18(15-19)25(17,4)5)21(12-16(2)3)31-23(35)20(30-22(34)9-10-27)8-7-11-29-24(28)32-33-36/h16-21H,6-15,27H2,1-5H3,(H,30,34)(H,31,35)(H3,28,29,32,36)/t17-,18+,19?,20-,21-/m0/s1. The van der Waals surface area contributed by atoms with Crippen LogP contribution >= 0.6 is 0 Å². The molecule has 0 spiro atoms. The minimum absolute atomic E-state index is 0.104. The highest BCUT2D eigenvalue weighted by molar-refractivity contribution is 6.47. The Bertz CT molecular complexity index is 799. The SMILES string of the molecule is CCOB(OC1C[C@@H]2C[C@H](C1)C2(C)C)[C@H](CC(C)C)NC(=O)[C@H](CCCN=C(N)NN=O)NC(=O)CCN. The molecule has 3 saturated carbocycles. The largest absolute Gasteiger partial charge is 0.481 e. The van der Waals surface area contributed by atoms with Crippen LogP contribution in [0.25, 0.3) is 0 Å². The van der Waals surface area contributed by atoms with Gasteiger partial charge in [0.15, 0.2) is 0 Å². The number of nitroso groups, excluding NO2 is 1. The van der Waals surface area contributed by atoms with Crippen molar-refractivity contribution in [2.24, 2.45) is 44.9 Å². The van der Waals surface area contributed by atoms with Crippen molar-refractivity contribution in [1.82, 2.24) is 16.1 Å². The van der Waals surface area contributed by atoms with E-state index in [-0.39, 0.29) is 55.2 Å². The molecule has 12 nitrogen and oxygen atoms in total. The lowest BCUT2D eigenvalue weighted by molar-refractivity contribution is -0.129. The van der Waals surface area contributed by atoms with Crippen molar-refractivity contribution < 1.29 is 18.9 Å². The van der Waals surface area contributed by atoms with E-state index in [4.69, 9.17) is 20.8 Å². The second-order valence-corrected chi connectivity index (χ2v) is 11.5. The normalized spacial score (nSPS) is 23.7. The topological polar surface area (TPSA) is 183 Å². The summed E-state index contributed by atoms with van der Waals surface area (Å²) in [5, 5.41) is 8.37. The van der Waals surface area contributed by atoms with Crippen LogP contribution in [0.4, 0.5) is 0 Å². The summed E-state index contributed by atoms with van der Waals surface area (Å²) >= 11 is 0. The van der Waals surface area contributed by atoms with Crippen LogP contribution in [-0.4, -0.2) is 62.7 Å². The first kappa shape index (κ1) is 32.0. The first-order valence-corrected chi connectivity index (χ1v) is 14.0. The number of aliphatic imine (C=N–C) groups is 1. The Morgan fingerprint density at radius 3 is 2.39 bits per heavy atom. The summed E-state index contributed by atoms with van der Waals surface area (Å²) in [6.07, 6.45) is 4.93. The summed E-state index contributed by atoms with van der Waals surface area (Å²) in [4.78, 5) is 40.0. The number of fused-ring (bicyclic) bond motifs is 2. The predicted molar refractivity (Wildman–Crippen MR) is 149 cm³/mol. The summed E-state index contributed by atoms with van der Waals surface area (Å²) in [6, 6.07) is -0.789. The molecule has 0 aliphatic heterocycles. The number of hydrogen-bond donors (Lipinski definition) is 5. The van der Waals surface area contributed by atoms with Gasteiger partial charge in [0.05, 0.1) is 11.2 Å². The second-order valence-electron chi connectivity index (χ2n) is 11.5. The molecule has 3 fully saturated rings. The van der Waals surface area contributed by atoms with E-state index < -0.39 is 13.2 Å². The fraction of sp³-hybridized carbons (Fsp3) is 0.880. The van der Waals surface area contributed by atoms with E-state index in [1.807, 2.05) is 12.3 Å². The lowest BCUT2D eigenvalue weighted by Gasteiger charge is -2.59. The van der Waals surface area contributed by atoms with Crippen LogP contribution in [0.15, 0.2) is 10.3 Å². The molecule has 38 heavy (non-hydrogen) atoms. The van der Waals surface area contributed by atoms with Crippen molar-refractivity contribution in [2.75, 3.05) is 19.7 Å². The van der Waals surface area contributed by atoms with Crippen molar-refractivity contribution in [1.29, 1.82) is 0 Å². The Labute approximate surface area is 227 Å². The van der Waals surface area contributed by atoms with Gasteiger partial charge < -0.3 is 31.4 Å². The van der Waals surface area contributed by atoms with Crippen molar-refractivity contribution in [3.05, 3.63) is 4.91 Å². The van der Waals surface area contributed by atoms with Gasteiger partial charge in [-0.3, -0.25) is 14.6 Å². The molecule has 13 heteroatoms. The minimum Gasteiger partial charge on any atom is -0.410 e. The number of hydrogen-bond acceptors (Lipinski definition) is 8. The third-order valence-corrected chi connectivity index (χ3v) is 7.92. The monoisotopic (exact) mass is 537 g/mol. The Kier molecular flexibility index (Phi) is 12.9. The lowest BCUT2D eigenvalue weighted by Crippen LogP contribution is -2.58. The maximum atomic E-state index is 13.5. The molecule has 3 aliphatic rings. The molecule has 2 amide bonds. The zero-order valence-corrected chi connectivity index (χ0v) is 23.7. The van der Waals surface area contributed by atoms with Gasteiger partial charge in [-0.1, -0.05) is 27.7 Å². The average molecular weight is 538 g/mol. The molecule has 0 aromatic heterocycles. The highest BCUT2D eigenvalue weighted by Crippen LogP contribution is 2.59. The number of amides is 2. The summed E-state index contributed by atoms with van der Waals surface area (Å²) < 4.78 is 12.6. The summed E-state index contributed by atoms with van der Waals surface area (Å²) in [5.74, 6) is 0.499. The van der Waals surface area contributed by atoms with Gasteiger partial charge in [0.2, 0.25) is 17.8 Å². The smallest absolute Gasteiger partial charge is 0.410 e. The summed E-state index contributed by atoms with van der Waals surface area (Å²) in [6.45, 7) is 11.7. The van der Waals surface area contributed by atoms with Gasteiger partial charge in [0, 0.05) is 32.2 Å². The van der Waals surface area contributed by atoms with Crippen molar-refractivity contribution >= 4 is 24.9 Å².